The highest BCUT2D eigenvalue weighted by atomic mass is 16.2. The Labute approximate surface area is 83.0 Å². The van der Waals surface area contributed by atoms with Gasteiger partial charge in [-0.2, -0.15) is 0 Å². The Kier molecular flexibility index (Phi) is 5.71. The van der Waals surface area contributed by atoms with Crippen molar-refractivity contribution in [3.05, 3.63) is 0 Å². The molecule has 0 aliphatic carbocycles. The summed E-state index contributed by atoms with van der Waals surface area (Å²) in [6.45, 7) is 6.92. The maximum absolute atomic E-state index is 11.2. The highest BCUT2D eigenvalue weighted by molar-refractivity contribution is 5.81. The van der Waals surface area contributed by atoms with Gasteiger partial charge in [0.2, 0.25) is 5.91 Å². The topological polar surface area (TPSA) is 32.3 Å². The molecular formula is C10H24N2O. The molecule has 1 fully saturated rings. The monoisotopic (exact) mass is 188 g/mol. The summed E-state index contributed by atoms with van der Waals surface area (Å²) >= 11 is 0. The van der Waals surface area contributed by atoms with E-state index in [-0.39, 0.29) is 13.3 Å². The van der Waals surface area contributed by atoms with Crippen molar-refractivity contribution in [3.8, 4) is 0 Å². The normalized spacial score (nSPS) is 26.8. The lowest BCUT2D eigenvalue weighted by Gasteiger charge is -2.12. The van der Waals surface area contributed by atoms with Crippen LogP contribution in [0.1, 0.15) is 28.6 Å². The van der Waals surface area contributed by atoms with Crippen LogP contribution in [0.15, 0.2) is 0 Å². The fraction of sp³-hybridized carbons (Fsp3) is 0.900. The van der Waals surface area contributed by atoms with Crippen LogP contribution in [0.3, 0.4) is 0 Å². The smallest absolute Gasteiger partial charge is 0.224 e. The Balaban J connectivity index is 0. The molecule has 1 aliphatic heterocycles. The molecule has 0 aromatic carbocycles. The lowest BCUT2D eigenvalue weighted by Crippen LogP contribution is -2.28. The lowest BCUT2D eigenvalue weighted by molar-refractivity contribution is -0.122. The van der Waals surface area contributed by atoms with Crippen LogP contribution in [-0.2, 0) is 4.79 Å². The predicted octanol–water partition coefficient (Wildman–Crippen LogP) is 1.34. The summed E-state index contributed by atoms with van der Waals surface area (Å²) in [5.41, 5.74) is 0. The van der Waals surface area contributed by atoms with Crippen molar-refractivity contribution in [2.45, 2.75) is 33.2 Å². The third kappa shape index (κ3) is 4.27. The SMILES string of the molecule is CC.CC1CC(CN(C)C)C(=O)N1.[HH]. The summed E-state index contributed by atoms with van der Waals surface area (Å²) in [5, 5.41) is 2.91. The van der Waals surface area contributed by atoms with Crippen LogP contribution in [0, 0.1) is 5.92 Å². The van der Waals surface area contributed by atoms with Gasteiger partial charge in [0, 0.05) is 14.0 Å². The fourth-order valence-electron chi connectivity index (χ4n) is 1.55. The van der Waals surface area contributed by atoms with Crippen LogP contribution in [0.5, 0.6) is 0 Å². The second-order valence-electron chi connectivity index (χ2n) is 3.60. The molecule has 1 N–H and O–H groups in total. The first-order valence-electron chi connectivity index (χ1n) is 5.04. The van der Waals surface area contributed by atoms with Gasteiger partial charge in [0.25, 0.3) is 0 Å². The molecule has 80 valence electrons. The molecule has 0 spiro atoms. The minimum Gasteiger partial charge on any atom is -0.353 e. The Morgan fingerprint density at radius 3 is 2.38 bits per heavy atom. The second kappa shape index (κ2) is 5.97. The summed E-state index contributed by atoms with van der Waals surface area (Å²) in [6.07, 6.45) is 0.983. The maximum Gasteiger partial charge on any atom is 0.224 e. The van der Waals surface area contributed by atoms with Gasteiger partial charge in [-0.3, -0.25) is 4.79 Å². The van der Waals surface area contributed by atoms with E-state index in [1.807, 2.05) is 34.9 Å². The highest BCUT2D eigenvalue weighted by Crippen LogP contribution is 2.14. The molecular weight excluding hydrogens is 164 g/mol. The highest BCUT2D eigenvalue weighted by Gasteiger charge is 2.29. The third-order valence-electron chi connectivity index (χ3n) is 1.98. The molecule has 3 heteroatoms. The zero-order valence-electron chi connectivity index (χ0n) is 9.42. The van der Waals surface area contributed by atoms with Crippen LogP contribution < -0.4 is 5.32 Å². The van der Waals surface area contributed by atoms with Gasteiger partial charge < -0.3 is 10.2 Å². The van der Waals surface area contributed by atoms with Crippen molar-refractivity contribution >= 4 is 5.91 Å². The Bertz CT molecular complexity index is 162. The molecule has 3 nitrogen and oxygen atoms in total. The van der Waals surface area contributed by atoms with Crippen LogP contribution in [0.25, 0.3) is 0 Å². The van der Waals surface area contributed by atoms with E-state index in [4.69, 9.17) is 0 Å². The van der Waals surface area contributed by atoms with Gasteiger partial charge in [0.1, 0.15) is 0 Å². The molecule has 1 aliphatic rings. The number of nitrogens with zero attached hydrogens (tertiary/aromatic N) is 1. The van der Waals surface area contributed by atoms with Gasteiger partial charge in [0.05, 0.1) is 5.92 Å². The van der Waals surface area contributed by atoms with Crippen molar-refractivity contribution in [1.29, 1.82) is 0 Å². The largest absolute Gasteiger partial charge is 0.353 e. The van der Waals surface area contributed by atoms with Crippen molar-refractivity contribution < 1.29 is 6.22 Å². The minimum atomic E-state index is 0. The number of carbonyl (C=O) groups excluding carboxylic acids is 1. The van der Waals surface area contributed by atoms with Crippen molar-refractivity contribution in [2.24, 2.45) is 5.92 Å². The standard InChI is InChI=1S/C8H16N2O.C2H6.H2/c1-6-4-7(5-10(2)3)8(11)9-6;1-2;/h6-7H,4-5H2,1-3H3,(H,9,11);1-2H3;1H. The first-order chi connectivity index (χ1) is 6.09. The van der Waals surface area contributed by atoms with Gasteiger partial charge in [-0.15, -0.1) is 0 Å². The zero-order valence-corrected chi connectivity index (χ0v) is 9.42. The van der Waals surface area contributed by atoms with E-state index in [0.29, 0.717) is 6.04 Å². The van der Waals surface area contributed by atoms with Crippen molar-refractivity contribution in [1.82, 2.24) is 10.2 Å². The molecule has 13 heavy (non-hydrogen) atoms. The average Bonchev–Trinajstić information content (AvgIpc) is 2.33. The van der Waals surface area contributed by atoms with Gasteiger partial charge in [0.15, 0.2) is 0 Å². The van der Waals surface area contributed by atoms with E-state index in [2.05, 4.69) is 10.2 Å². The van der Waals surface area contributed by atoms with E-state index in [9.17, 15) is 4.79 Å². The molecule has 0 aromatic rings. The molecule has 1 saturated heterocycles. The Morgan fingerprint density at radius 1 is 1.54 bits per heavy atom. The molecule has 1 amide bonds. The molecule has 2 atom stereocenters. The average molecular weight is 188 g/mol. The second-order valence-corrected chi connectivity index (χ2v) is 3.60. The molecule has 0 saturated carbocycles. The van der Waals surface area contributed by atoms with Gasteiger partial charge in [-0.1, -0.05) is 13.8 Å². The van der Waals surface area contributed by atoms with E-state index in [1.54, 1.807) is 0 Å². The first kappa shape index (κ1) is 12.4. The summed E-state index contributed by atoms with van der Waals surface area (Å²) in [6, 6.07) is 0.368. The van der Waals surface area contributed by atoms with Crippen LogP contribution in [0.4, 0.5) is 0 Å². The predicted molar refractivity (Wildman–Crippen MR) is 57.7 cm³/mol. The summed E-state index contributed by atoms with van der Waals surface area (Å²) in [4.78, 5) is 13.2. The third-order valence-corrected chi connectivity index (χ3v) is 1.98. The van der Waals surface area contributed by atoms with E-state index < -0.39 is 0 Å². The van der Waals surface area contributed by atoms with Crippen molar-refractivity contribution in [3.63, 3.8) is 0 Å². The number of rotatable bonds is 2. The lowest BCUT2D eigenvalue weighted by atomic mass is 10.1. The fourth-order valence-corrected chi connectivity index (χ4v) is 1.55. The number of nitrogens with one attached hydrogen (secondary N) is 1. The number of amides is 1. The zero-order chi connectivity index (χ0) is 10.4. The minimum absolute atomic E-state index is 0. The number of hydrogen-bond acceptors (Lipinski definition) is 2. The van der Waals surface area contributed by atoms with Gasteiger partial charge in [-0.05, 0) is 27.4 Å². The molecule has 0 radical (unpaired) electrons. The summed E-state index contributed by atoms with van der Waals surface area (Å²) < 4.78 is 0. The first-order valence-corrected chi connectivity index (χ1v) is 5.04. The molecule has 2 unspecified atom stereocenters. The van der Waals surface area contributed by atoms with Gasteiger partial charge >= 0.3 is 0 Å². The molecule has 1 heterocycles. The quantitative estimate of drug-likeness (QED) is 0.709. The Hall–Kier alpha value is -0.570. The maximum atomic E-state index is 11.2. The number of hydrogen-bond donors (Lipinski definition) is 1. The van der Waals surface area contributed by atoms with Crippen molar-refractivity contribution in [2.75, 3.05) is 20.6 Å². The van der Waals surface area contributed by atoms with E-state index in [0.717, 1.165) is 13.0 Å². The molecule has 0 bridgehead atoms. The van der Waals surface area contributed by atoms with Gasteiger partial charge in [-0.25, -0.2) is 0 Å². The van der Waals surface area contributed by atoms with Crippen LogP contribution in [0.2, 0.25) is 0 Å². The summed E-state index contributed by atoms with van der Waals surface area (Å²) in [7, 11) is 3.99. The Morgan fingerprint density at radius 2 is 2.08 bits per heavy atom. The summed E-state index contributed by atoms with van der Waals surface area (Å²) in [5.74, 6) is 0.422. The van der Waals surface area contributed by atoms with E-state index >= 15 is 0 Å². The number of carbonyl (C=O) groups is 1. The van der Waals surface area contributed by atoms with Crippen LogP contribution in [-0.4, -0.2) is 37.5 Å². The van der Waals surface area contributed by atoms with Crippen LogP contribution >= 0.6 is 0 Å². The molecule has 0 aromatic heterocycles. The molecule has 1 rings (SSSR count). The van der Waals surface area contributed by atoms with E-state index in [1.165, 1.54) is 0 Å².